The van der Waals surface area contributed by atoms with E-state index in [4.69, 9.17) is 16.7 Å². The van der Waals surface area contributed by atoms with Crippen LogP contribution in [0.2, 0.25) is 5.02 Å². The fraction of sp³-hybridized carbons (Fsp3) is 0.125. The van der Waals surface area contributed by atoms with Crippen LogP contribution in [-0.2, 0) is 5.75 Å². The van der Waals surface area contributed by atoms with E-state index in [2.05, 4.69) is 11.8 Å². The first-order valence-corrected chi connectivity index (χ1v) is 7.32. The minimum atomic E-state index is -0.373. The molecule has 0 spiro atoms. The van der Waals surface area contributed by atoms with Crippen molar-refractivity contribution in [1.82, 2.24) is 0 Å². The van der Waals surface area contributed by atoms with Gasteiger partial charge in [0, 0.05) is 15.7 Å². The summed E-state index contributed by atoms with van der Waals surface area (Å²) < 4.78 is 13.5. The molecular formula is C16H12ClFOS. The Kier molecular flexibility index (Phi) is 5.49. The molecule has 1 N–H and O–H groups in total. The van der Waals surface area contributed by atoms with Crippen LogP contribution in [-0.4, -0.2) is 11.7 Å². The number of hydrogen-bond acceptors (Lipinski definition) is 2. The van der Waals surface area contributed by atoms with E-state index in [0.29, 0.717) is 16.3 Å². The van der Waals surface area contributed by atoms with Gasteiger partial charge in [-0.3, -0.25) is 0 Å². The molecule has 0 aromatic heterocycles. The normalized spacial score (nSPS) is 9.95. The maximum atomic E-state index is 13.5. The van der Waals surface area contributed by atoms with Crippen molar-refractivity contribution in [3.05, 3.63) is 64.4 Å². The third-order valence-electron chi connectivity index (χ3n) is 2.53. The SMILES string of the molecule is OCC#Cc1cc(CSc2cccc(Cl)c2)ccc1F. The summed E-state index contributed by atoms with van der Waals surface area (Å²) in [6.07, 6.45) is 0. The lowest BCUT2D eigenvalue weighted by molar-refractivity contribution is 0.350. The van der Waals surface area contributed by atoms with Crippen LogP contribution in [0.4, 0.5) is 4.39 Å². The summed E-state index contributed by atoms with van der Waals surface area (Å²) in [5.74, 6) is 5.39. The van der Waals surface area contributed by atoms with E-state index in [1.165, 1.54) is 6.07 Å². The zero-order valence-corrected chi connectivity index (χ0v) is 12.1. The average molecular weight is 307 g/mol. The minimum Gasteiger partial charge on any atom is -0.384 e. The summed E-state index contributed by atoms with van der Waals surface area (Å²) in [7, 11) is 0. The van der Waals surface area contributed by atoms with Crippen molar-refractivity contribution in [3.63, 3.8) is 0 Å². The molecule has 0 atom stereocenters. The van der Waals surface area contributed by atoms with Gasteiger partial charge in [-0.25, -0.2) is 4.39 Å². The predicted molar refractivity (Wildman–Crippen MR) is 81.4 cm³/mol. The Balaban J connectivity index is 2.10. The number of halogens is 2. The number of rotatable bonds is 3. The highest BCUT2D eigenvalue weighted by Crippen LogP contribution is 2.25. The lowest BCUT2D eigenvalue weighted by atomic mass is 10.1. The van der Waals surface area contributed by atoms with Crippen molar-refractivity contribution in [2.75, 3.05) is 6.61 Å². The van der Waals surface area contributed by atoms with Gasteiger partial charge in [0.25, 0.3) is 0 Å². The summed E-state index contributed by atoms with van der Waals surface area (Å²) >= 11 is 7.55. The van der Waals surface area contributed by atoms with Crippen LogP contribution >= 0.6 is 23.4 Å². The van der Waals surface area contributed by atoms with Gasteiger partial charge in [0.1, 0.15) is 12.4 Å². The predicted octanol–water partition coefficient (Wildman–Crippen LogP) is 4.12. The van der Waals surface area contributed by atoms with Gasteiger partial charge in [-0.15, -0.1) is 11.8 Å². The lowest BCUT2D eigenvalue weighted by Gasteiger charge is -2.04. The average Bonchev–Trinajstić information content (AvgIpc) is 2.45. The number of benzene rings is 2. The maximum Gasteiger partial charge on any atom is 0.138 e. The molecule has 0 heterocycles. The fourth-order valence-electron chi connectivity index (χ4n) is 1.62. The molecule has 2 rings (SSSR count). The Labute approximate surface area is 126 Å². The highest BCUT2D eigenvalue weighted by molar-refractivity contribution is 7.98. The van der Waals surface area contributed by atoms with Gasteiger partial charge in [-0.2, -0.15) is 0 Å². The number of aliphatic hydroxyl groups excluding tert-OH is 1. The minimum absolute atomic E-state index is 0.277. The molecule has 0 fully saturated rings. The standard InChI is InChI=1S/C16H12ClFOS/c17-14-4-1-5-15(10-14)20-11-12-6-7-16(18)13(9-12)3-2-8-19/h1,4-7,9-10,19H,8,11H2. The van der Waals surface area contributed by atoms with E-state index >= 15 is 0 Å². The quantitative estimate of drug-likeness (QED) is 0.680. The van der Waals surface area contributed by atoms with Crippen LogP contribution in [0.5, 0.6) is 0 Å². The summed E-state index contributed by atoms with van der Waals surface area (Å²) in [5, 5.41) is 9.35. The topological polar surface area (TPSA) is 20.2 Å². The van der Waals surface area contributed by atoms with E-state index in [-0.39, 0.29) is 12.4 Å². The largest absolute Gasteiger partial charge is 0.384 e. The van der Waals surface area contributed by atoms with Gasteiger partial charge in [0.2, 0.25) is 0 Å². The van der Waals surface area contributed by atoms with Crippen LogP contribution in [0.3, 0.4) is 0 Å². The Morgan fingerprint density at radius 2 is 2.05 bits per heavy atom. The van der Waals surface area contributed by atoms with Crippen molar-refractivity contribution in [1.29, 1.82) is 0 Å². The molecule has 4 heteroatoms. The van der Waals surface area contributed by atoms with Crippen molar-refractivity contribution < 1.29 is 9.50 Å². The summed E-state index contributed by atoms with van der Waals surface area (Å²) in [4.78, 5) is 1.06. The van der Waals surface area contributed by atoms with Gasteiger partial charge in [0.05, 0.1) is 5.56 Å². The van der Waals surface area contributed by atoms with Crippen LogP contribution in [0, 0.1) is 17.7 Å². The van der Waals surface area contributed by atoms with E-state index in [1.807, 2.05) is 24.3 Å². The third kappa shape index (κ3) is 4.28. The van der Waals surface area contributed by atoms with Crippen molar-refractivity contribution >= 4 is 23.4 Å². The molecule has 20 heavy (non-hydrogen) atoms. The molecule has 0 radical (unpaired) electrons. The molecule has 102 valence electrons. The highest BCUT2D eigenvalue weighted by Gasteiger charge is 2.02. The van der Waals surface area contributed by atoms with Crippen molar-refractivity contribution in [2.45, 2.75) is 10.6 Å². The van der Waals surface area contributed by atoms with E-state index in [1.54, 1.807) is 23.9 Å². The Bertz CT molecular complexity index is 661. The van der Waals surface area contributed by atoms with Gasteiger partial charge in [-0.05, 0) is 35.9 Å². The molecule has 0 aliphatic carbocycles. The summed E-state index contributed by atoms with van der Waals surface area (Å²) in [6, 6.07) is 12.4. The summed E-state index contributed by atoms with van der Waals surface area (Å²) in [5.41, 5.74) is 1.28. The van der Waals surface area contributed by atoms with Gasteiger partial charge >= 0.3 is 0 Å². The molecule has 0 bridgehead atoms. The van der Waals surface area contributed by atoms with E-state index < -0.39 is 0 Å². The molecule has 0 saturated heterocycles. The van der Waals surface area contributed by atoms with Crippen LogP contribution in [0.25, 0.3) is 0 Å². The molecule has 0 amide bonds. The van der Waals surface area contributed by atoms with Gasteiger partial charge in [-0.1, -0.05) is 35.6 Å². The Morgan fingerprint density at radius 3 is 2.80 bits per heavy atom. The van der Waals surface area contributed by atoms with E-state index in [0.717, 1.165) is 10.5 Å². The lowest BCUT2D eigenvalue weighted by Crippen LogP contribution is -1.88. The van der Waals surface area contributed by atoms with Crippen LogP contribution < -0.4 is 0 Å². The second-order valence-electron chi connectivity index (χ2n) is 4.02. The smallest absolute Gasteiger partial charge is 0.138 e. The molecule has 1 nitrogen and oxygen atoms in total. The molecule has 2 aromatic carbocycles. The second-order valence-corrected chi connectivity index (χ2v) is 5.51. The van der Waals surface area contributed by atoms with Crippen molar-refractivity contribution in [2.24, 2.45) is 0 Å². The monoisotopic (exact) mass is 306 g/mol. The number of aliphatic hydroxyl groups is 1. The second kappa shape index (κ2) is 7.35. The molecule has 0 saturated carbocycles. The zero-order chi connectivity index (χ0) is 14.4. The molecular weight excluding hydrogens is 295 g/mol. The Hall–Kier alpha value is -1.47. The first-order valence-electron chi connectivity index (χ1n) is 5.95. The van der Waals surface area contributed by atoms with Crippen LogP contribution in [0.1, 0.15) is 11.1 Å². The molecule has 0 aliphatic rings. The zero-order valence-electron chi connectivity index (χ0n) is 10.6. The summed E-state index contributed by atoms with van der Waals surface area (Å²) in [6.45, 7) is -0.277. The van der Waals surface area contributed by atoms with Crippen LogP contribution in [0.15, 0.2) is 47.4 Å². The molecule has 0 unspecified atom stereocenters. The van der Waals surface area contributed by atoms with Gasteiger partial charge < -0.3 is 5.11 Å². The molecule has 2 aromatic rings. The third-order valence-corrected chi connectivity index (χ3v) is 3.83. The first-order chi connectivity index (χ1) is 9.69. The molecule has 0 aliphatic heterocycles. The number of hydrogen-bond donors (Lipinski definition) is 1. The highest BCUT2D eigenvalue weighted by atomic mass is 35.5. The number of thioether (sulfide) groups is 1. The fourth-order valence-corrected chi connectivity index (χ4v) is 2.77. The van der Waals surface area contributed by atoms with Gasteiger partial charge in [0.15, 0.2) is 0 Å². The van der Waals surface area contributed by atoms with E-state index in [9.17, 15) is 4.39 Å². The maximum absolute atomic E-state index is 13.5. The first kappa shape index (κ1) is 14.9. The van der Waals surface area contributed by atoms with Crippen molar-refractivity contribution in [3.8, 4) is 11.8 Å². The Morgan fingerprint density at radius 1 is 1.20 bits per heavy atom.